The molecule has 2 rings (SSSR count). The number of benzene rings is 2. The molecule has 0 heterocycles. The van der Waals surface area contributed by atoms with Crippen LogP contribution in [0.2, 0.25) is 0 Å². The lowest BCUT2D eigenvalue weighted by Gasteiger charge is -2.22. The van der Waals surface area contributed by atoms with Gasteiger partial charge in [-0.3, -0.25) is 4.79 Å². The second kappa shape index (κ2) is 6.53. The lowest BCUT2D eigenvalue weighted by Crippen LogP contribution is -2.32. The average Bonchev–Trinajstić information content (AvgIpc) is 2.48. The van der Waals surface area contributed by atoms with Gasteiger partial charge in [-0.2, -0.15) is 5.26 Å². The summed E-state index contributed by atoms with van der Waals surface area (Å²) in [5, 5.41) is 18.4. The van der Waals surface area contributed by atoms with Crippen LogP contribution in [0.25, 0.3) is 0 Å². The molecule has 0 atom stereocenters. The second-order valence-corrected chi connectivity index (χ2v) is 4.33. The summed E-state index contributed by atoms with van der Waals surface area (Å²) in [4.78, 5) is 13.8. The number of phenolic OH excluding ortho intramolecular Hbond substituents is 1. The van der Waals surface area contributed by atoms with Crippen molar-refractivity contribution in [3.8, 4) is 11.8 Å². The van der Waals surface area contributed by atoms with Gasteiger partial charge in [-0.1, -0.05) is 24.3 Å². The molecule has 21 heavy (non-hydrogen) atoms. The highest BCUT2D eigenvalue weighted by Gasteiger charge is 2.23. The van der Waals surface area contributed by atoms with Gasteiger partial charge >= 0.3 is 0 Å². The van der Waals surface area contributed by atoms with Crippen LogP contribution in [-0.2, 0) is 0 Å². The number of halogens is 1. The molecule has 0 aliphatic rings. The number of hydrogen-bond donors (Lipinski definition) is 1. The third kappa shape index (κ3) is 3.18. The molecule has 5 heteroatoms. The van der Waals surface area contributed by atoms with Crippen LogP contribution in [-0.4, -0.2) is 17.6 Å². The number of amides is 1. The Bertz CT molecular complexity index is 660. The van der Waals surface area contributed by atoms with Gasteiger partial charge in [0.1, 0.15) is 17.1 Å². The van der Waals surface area contributed by atoms with Gasteiger partial charge in [0.15, 0.2) is 0 Å². The van der Waals surface area contributed by atoms with E-state index in [1.165, 1.54) is 17.0 Å². The Morgan fingerprint density at radius 1 is 1.19 bits per heavy atom. The summed E-state index contributed by atoms with van der Waals surface area (Å²) in [7, 11) is 0. The number of carbonyl (C=O) groups is 1. The number of rotatable bonds is 4. The first-order valence-corrected chi connectivity index (χ1v) is 6.36. The predicted molar refractivity (Wildman–Crippen MR) is 76.4 cm³/mol. The Morgan fingerprint density at radius 2 is 1.90 bits per heavy atom. The maximum absolute atomic E-state index is 13.8. The first-order valence-electron chi connectivity index (χ1n) is 6.36. The molecule has 0 radical (unpaired) electrons. The maximum atomic E-state index is 13.8. The molecule has 1 amide bonds. The van der Waals surface area contributed by atoms with Gasteiger partial charge in [-0.15, -0.1) is 0 Å². The van der Waals surface area contributed by atoms with Crippen molar-refractivity contribution < 1.29 is 14.3 Å². The molecule has 0 bridgehead atoms. The first-order chi connectivity index (χ1) is 10.1. The van der Waals surface area contributed by atoms with E-state index >= 15 is 0 Å². The molecule has 4 nitrogen and oxygen atoms in total. The minimum atomic E-state index is -0.794. The number of hydrogen-bond acceptors (Lipinski definition) is 3. The molecular formula is C16H13FN2O2. The van der Waals surface area contributed by atoms with Gasteiger partial charge in [0.05, 0.1) is 12.5 Å². The highest BCUT2D eigenvalue weighted by Crippen LogP contribution is 2.24. The minimum Gasteiger partial charge on any atom is -0.507 e. The van der Waals surface area contributed by atoms with Gasteiger partial charge in [-0.05, 0) is 24.3 Å². The standard InChI is InChI=1S/C16H13FN2O2/c17-13-8-4-9-14(20)15(13)16(21)19(11-5-10-18)12-6-2-1-3-7-12/h1-4,6-9,20H,5,11H2. The van der Waals surface area contributed by atoms with E-state index in [1.807, 2.05) is 6.07 Å². The van der Waals surface area contributed by atoms with Crippen molar-refractivity contribution in [1.29, 1.82) is 5.26 Å². The summed E-state index contributed by atoms with van der Waals surface area (Å²) in [5.41, 5.74) is 0.152. The second-order valence-electron chi connectivity index (χ2n) is 4.33. The first kappa shape index (κ1) is 14.5. The van der Waals surface area contributed by atoms with Gasteiger partial charge in [0, 0.05) is 12.2 Å². The molecule has 2 aromatic carbocycles. The highest BCUT2D eigenvalue weighted by molar-refractivity contribution is 6.08. The predicted octanol–water partition coefficient (Wildman–Crippen LogP) is 3.09. The number of para-hydroxylation sites is 1. The van der Waals surface area contributed by atoms with Crippen molar-refractivity contribution in [2.75, 3.05) is 11.4 Å². The molecule has 106 valence electrons. The smallest absolute Gasteiger partial charge is 0.265 e. The van der Waals surface area contributed by atoms with Crippen molar-refractivity contribution in [1.82, 2.24) is 0 Å². The Kier molecular flexibility index (Phi) is 4.52. The van der Waals surface area contributed by atoms with Crippen molar-refractivity contribution in [2.24, 2.45) is 0 Å². The van der Waals surface area contributed by atoms with Crippen LogP contribution in [0.3, 0.4) is 0 Å². The van der Waals surface area contributed by atoms with E-state index < -0.39 is 17.5 Å². The van der Waals surface area contributed by atoms with E-state index in [9.17, 15) is 14.3 Å². The van der Waals surface area contributed by atoms with Crippen LogP contribution in [0.15, 0.2) is 48.5 Å². The molecule has 0 unspecified atom stereocenters. The summed E-state index contributed by atoms with van der Waals surface area (Å²) in [6, 6.07) is 14.3. The summed E-state index contributed by atoms with van der Waals surface area (Å²) in [6.45, 7) is 0.118. The van der Waals surface area contributed by atoms with Crippen LogP contribution in [0.5, 0.6) is 5.75 Å². The minimum absolute atomic E-state index is 0.107. The van der Waals surface area contributed by atoms with Crippen LogP contribution in [0, 0.1) is 17.1 Å². The Labute approximate surface area is 121 Å². The van der Waals surface area contributed by atoms with E-state index in [0.717, 1.165) is 6.07 Å². The monoisotopic (exact) mass is 284 g/mol. The van der Waals surface area contributed by atoms with Crippen molar-refractivity contribution in [3.05, 3.63) is 59.9 Å². The van der Waals surface area contributed by atoms with E-state index in [1.54, 1.807) is 30.3 Å². The van der Waals surface area contributed by atoms with Crippen LogP contribution in [0.4, 0.5) is 10.1 Å². The molecular weight excluding hydrogens is 271 g/mol. The Morgan fingerprint density at radius 3 is 2.52 bits per heavy atom. The fourth-order valence-electron chi connectivity index (χ4n) is 1.98. The van der Waals surface area contributed by atoms with E-state index in [2.05, 4.69) is 0 Å². The zero-order valence-electron chi connectivity index (χ0n) is 11.2. The quantitative estimate of drug-likeness (QED) is 0.938. The van der Waals surface area contributed by atoms with Crippen LogP contribution >= 0.6 is 0 Å². The molecule has 0 saturated carbocycles. The zero-order valence-corrected chi connectivity index (χ0v) is 11.2. The number of nitriles is 1. The average molecular weight is 284 g/mol. The number of phenols is 1. The molecule has 1 N–H and O–H groups in total. The van der Waals surface area contributed by atoms with Gasteiger partial charge in [-0.25, -0.2) is 4.39 Å². The lowest BCUT2D eigenvalue weighted by molar-refractivity contribution is 0.0981. The maximum Gasteiger partial charge on any atom is 0.265 e. The lowest BCUT2D eigenvalue weighted by atomic mass is 10.1. The largest absolute Gasteiger partial charge is 0.507 e. The van der Waals surface area contributed by atoms with Crippen molar-refractivity contribution in [2.45, 2.75) is 6.42 Å². The number of nitrogens with zero attached hydrogens (tertiary/aromatic N) is 2. The fraction of sp³-hybridized carbons (Fsp3) is 0.125. The Hall–Kier alpha value is -2.87. The van der Waals surface area contributed by atoms with Gasteiger partial charge < -0.3 is 10.0 Å². The summed E-state index contributed by atoms with van der Waals surface area (Å²) in [6.07, 6.45) is 0.107. The Balaban J connectivity index is 2.42. The third-order valence-corrected chi connectivity index (χ3v) is 2.97. The SMILES string of the molecule is N#CCCN(C(=O)c1c(O)cccc1F)c1ccccc1. The van der Waals surface area contributed by atoms with E-state index in [-0.39, 0.29) is 18.5 Å². The van der Waals surface area contributed by atoms with E-state index in [4.69, 9.17) is 5.26 Å². The van der Waals surface area contributed by atoms with Crippen LogP contribution in [0.1, 0.15) is 16.8 Å². The molecule has 0 fully saturated rings. The number of aromatic hydroxyl groups is 1. The molecule has 0 aliphatic carbocycles. The number of carbonyl (C=O) groups excluding carboxylic acids is 1. The molecule has 0 spiro atoms. The summed E-state index contributed by atoms with van der Waals surface area (Å²) in [5.74, 6) is -1.89. The zero-order chi connectivity index (χ0) is 15.2. The van der Waals surface area contributed by atoms with Gasteiger partial charge in [0.2, 0.25) is 0 Å². The topological polar surface area (TPSA) is 64.3 Å². The van der Waals surface area contributed by atoms with Crippen molar-refractivity contribution >= 4 is 11.6 Å². The highest BCUT2D eigenvalue weighted by atomic mass is 19.1. The van der Waals surface area contributed by atoms with Crippen molar-refractivity contribution in [3.63, 3.8) is 0 Å². The normalized spacial score (nSPS) is 9.90. The van der Waals surface area contributed by atoms with Gasteiger partial charge in [0.25, 0.3) is 5.91 Å². The summed E-state index contributed by atoms with van der Waals surface area (Å²) < 4.78 is 13.8. The summed E-state index contributed by atoms with van der Waals surface area (Å²) >= 11 is 0. The fourth-order valence-corrected chi connectivity index (χ4v) is 1.98. The third-order valence-electron chi connectivity index (χ3n) is 2.97. The molecule has 2 aromatic rings. The molecule has 0 aromatic heterocycles. The molecule has 0 aliphatic heterocycles. The van der Waals surface area contributed by atoms with E-state index in [0.29, 0.717) is 5.69 Å². The molecule has 0 saturated heterocycles. The van der Waals surface area contributed by atoms with Crippen LogP contribution < -0.4 is 4.90 Å². The number of anilines is 1.